The fraction of sp³-hybridized carbons (Fsp3) is 0.133. The summed E-state index contributed by atoms with van der Waals surface area (Å²) in [6.45, 7) is 5.94. The van der Waals surface area contributed by atoms with Gasteiger partial charge in [0.2, 0.25) is 0 Å². The molecule has 0 heterocycles. The van der Waals surface area contributed by atoms with Crippen molar-refractivity contribution in [1.82, 2.24) is 0 Å². The Morgan fingerprint density at radius 1 is 1.33 bits per heavy atom. The molecular weight excluding hydrogens is 228 g/mol. The molecule has 0 bridgehead atoms. The summed E-state index contributed by atoms with van der Waals surface area (Å²) in [5.41, 5.74) is 0. The lowest BCUT2D eigenvalue weighted by atomic mass is 10.1. The lowest BCUT2D eigenvalue weighted by molar-refractivity contribution is -0.128. The summed E-state index contributed by atoms with van der Waals surface area (Å²) in [5.74, 6) is 0.869. The van der Waals surface area contributed by atoms with Crippen LogP contribution in [0, 0.1) is 0 Å². The Balaban J connectivity index is 2.43. The second-order valence-electron chi connectivity index (χ2n) is 3.70. The van der Waals surface area contributed by atoms with E-state index in [-0.39, 0.29) is 0 Å². The molecule has 0 aliphatic heterocycles. The SMILES string of the molecule is C=CC(=O)Oc1cccc2cc(OCC)ccc12. The molecule has 18 heavy (non-hydrogen) atoms. The van der Waals surface area contributed by atoms with E-state index < -0.39 is 5.97 Å². The van der Waals surface area contributed by atoms with Gasteiger partial charge in [-0.1, -0.05) is 18.7 Å². The lowest BCUT2D eigenvalue weighted by Crippen LogP contribution is -2.03. The third kappa shape index (κ3) is 2.51. The van der Waals surface area contributed by atoms with E-state index in [0.717, 1.165) is 22.6 Å². The van der Waals surface area contributed by atoms with Gasteiger partial charge in [-0.15, -0.1) is 0 Å². The molecule has 0 amide bonds. The zero-order valence-corrected chi connectivity index (χ0v) is 10.2. The smallest absolute Gasteiger partial charge is 0.335 e. The summed E-state index contributed by atoms with van der Waals surface area (Å²) in [7, 11) is 0. The summed E-state index contributed by atoms with van der Waals surface area (Å²) in [4.78, 5) is 11.2. The molecule has 2 aromatic rings. The molecule has 0 atom stereocenters. The van der Waals surface area contributed by atoms with Gasteiger partial charge < -0.3 is 9.47 Å². The highest BCUT2D eigenvalue weighted by Gasteiger charge is 2.06. The molecule has 3 heteroatoms. The average Bonchev–Trinajstić information content (AvgIpc) is 2.39. The number of benzene rings is 2. The third-order valence-electron chi connectivity index (χ3n) is 2.50. The van der Waals surface area contributed by atoms with Crippen molar-refractivity contribution >= 4 is 16.7 Å². The standard InChI is InChI=1S/C15H14O3/c1-3-15(16)18-14-7-5-6-11-10-12(17-4-2)8-9-13(11)14/h3,5-10H,1,4H2,2H3. The Hall–Kier alpha value is -2.29. The van der Waals surface area contributed by atoms with Crippen LogP contribution >= 0.6 is 0 Å². The first-order chi connectivity index (χ1) is 8.74. The molecule has 2 aromatic carbocycles. The predicted octanol–water partition coefficient (Wildman–Crippen LogP) is 3.33. The zero-order valence-electron chi connectivity index (χ0n) is 10.2. The number of carbonyl (C=O) groups excluding carboxylic acids is 1. The number of esters is 1. The van der Waals surface area contributed by atoms with Gasteiger partial charge in [-0.2, -0.15) is 0 Å². The molecule has 0 unspecified atom stereocenters. The Labute approximate surface area is 106 Å². The maximum Gasteiger partial charge on any atom is 0.335 e. The van der Waals surface area contributed by atoms with Crippen molar-refractivity contribution in [2.24, 2.45) is 0 Å². The normalized spacial score (nSPS) is 10.1. The van der Waals surface area contributed by atoms with Crippen LogP contribution in [0.2, 0.25) is 0 Å². The molecule has 0 aliphatic rings. The second-order valence-corrected chi connectivity index (χ2v) is 3.70. The number of hydrogen-bond donors (Lipinski definition) is 0. The Morgan fingerprint density at radius 3 is 2.89 bits per heavy atom. The summed E-state index contributed by atoms with van der Waals surface area (Å²) in [6.07, 6.45) is 1.15. The maximum absolute atomic E-state index is 11.2. The van der Waals surface area contributed by atoms with Crippen LogP contribution in [-0.4, -0.2) is 12.6 Å². The van der Waals surface area contributed by atoms with Crippen molar-refractivity contribution in [2.75, 3.05) is 6.61 Å². The van der Waals surface area contributed by atoms with Crippen molar-refractivity contribution in [2.45, 2.75) is 6.92 Å². The van der Waals surface area contributed by atoms with Crippen LogP contribution in [0.1, 0.15) is 6.92 Å². The van der Waals surface area contributed by atoms with E-state index in [4.69, 9.17) is 9.47 Å². The summed E-state index contributed by atoms with van der Waals surface area (Å²) in [6, 6.07) is 11.2. The maximum atomic E-state index is 11.2. The lowest BCUT2D eigenvalue weighted by Gasteiger charge is -2.08. The Morgan fingerprint density at radius 2 is 2.17 bits per heavy atom. The van der Waals surface area contributed by atoms with E-state index in [9.17, 15) is 4.79 Å². The van der Waals surface area contributed by atoms with Gasteiger partial charge in [0.15, 0.2) is 0 Å². The molecular formula is C15H14O3. The van der Waals surface area contributed by atoms with Crippen LogP contribution < -0.4 is 9.47 Å². The molecule has 0 saturated carbocycles. The van der Waals surface area contributed by atoms with Gasteiger partial charge in [0.25, 0.3) is 0 Å². The van der Waals surface area contributed by atoms with Crippen molar-refractivity contribution in [3.8, 4) is 11.5 Å². The van der Waals surface area contributed by atoms with Crippen LogP contribution in [0.3, 0.4) is 0 Å². The van der Waals surface area contributed by atoms with Crippen molar-refractivity contribution < 1.29 is 14.3 Å². The first kappa shape index (κ1) is 12.2. The highest BCUT2D eigenvalue weighted by atomic mass is 16.5. The molecule has 3 nitrogen and oxygen atoms in total. The first-order valence-corrected chi connectivity index (χ1v) is 5.74. The number of ether oxygens (including phenoxy) is 2. The topological polar surface area (TPSA) is 35.5 Å². The molecule has 0 saturated heterocycles. The highest BCUT2D eigenvalue weighted by Crippen LogP contribution is 2.28. The first-order valence-electron chi connectivity index (χ1n) is 5.74. The third-order valence-corrected chi connectivity index (χ3v) is 2.50. The van der Waals surface area contributed by atoms with Crippen LogP contribution in [0.5, 0.6) is 11.5 Å². The van der Waals surface area contributed by atoms with Crippen molar-refractivity contribution in [3.63, 3.8) is 0 Å². The Bertz CT molecular complexity index is 587. The zero-order chi connectivity index (χ0) is 13.0. The van der Waals surface area contributed by atoms with Gasteiger partial charge in [-0.3, -0.25) is 0 Å². The van der Waals surface area contributed by atoms with Gasteiger partial charge in [0.1, 0.15) is 11.5 Å². The molecule has 92 valence electrons. The van der Waals surface area contributed by atoms with Crippen LogP contribution in [0.15, 0.2) is 49.1 Å². The summed E-state index contributed by atoms with van der Waals surface area (Å²) in [5, 5.41) is 1.84. The number of fused-ring (bicyclic) bond motifs is 1. The molecule has 0 N–H and O–H groups in total. The molecule has 0 aliphatic carbocycles. The summed E-state index contributed by atoms with van der Waals surface area (Å²) < 4.78 is 10.6. The number of hydrogen-bond acceptors (Lipinski definition) is 3. The average molecular weight is 242 g/mol. The predicted molar refractivity (Wildman–Crippen MR) is 70.9 cm³/mol. The second kappa shape index (κ2) is 5.36. The van der Waals surface area contributed by atoms with E-state index in [1.165, 1.54) is 0 Å². The monoisotopic (exact) mass is 242 g/mol. The fourth-order valence-electron chi connectivity index (χ4n) is 1.73. The largest absolute Gasteiger partial charge is 0.494 e. The van der Waals surface area contributed by atoms with Crippen molar-refractivity contribution in [1.29, 1.82) is 0 Å². The molecule has 0 radical (unpaired) electrons. The van der Waals surface area contributed by atoms with Gasteiger partial charge in [-0.05, 0) is 36.6 Å². The van der Waals surface area contributed by atoms with E-state index in [2.05, 4.69) is 6.58 Å². The molecule has 2 rings (SSSR count). The minimum Gasteiger partial charge on any atom is -0.494 e. The van der Waals surface area contributed by atoms with E-state index in [1.807, 2.05) is 37.3 Å². The minimum absolute atomic E-state index is 0.462. The van der Waals surface area contributed by atoms with E-state index in [0.29, 0.717) is 12.4 Å². The molecule has 0 aromatic heterocycles. The fourth-order valence-corrected chi connectivity index (χ4v) is 1.73. The quantitative estimate of drug-likeness (QED) is 0.468. The van der Waals surface area contributed by atoms with E-state index in [1.54, 1.807) is 6.07 Å². The number of carbonyl (C=O) groups is 1. The number of rotatable bonds is 4. The van der Waals surface area contributed by atoms with Gasteiger partial charge in [0, 0.05) is 11.5 Å². The van der Waals surface area contributed by atoms with Gasteiger partial charge >= 0.3 is 5.97 Å². The summed E-state index contributed by atoms with van der Waals surface area (Å²) >= 11 is 0. The minimum atomic E-state index is -0.462. The van der Waals surface area contributed by atoms with Gasteiger partial charge in [0.05, 0.1) is 6.61 Å². The van der Waals surface area contributed by atoms with E-state index >= 15 is 0 Å². The van der Waals surface area contributed by atoms with Crippen LogP contribution in [0.4, 0.5) is 0 Å². The molecule has 0 spiro atoms. The molecule has 0 fully saturated rings. The van der Waals surface area contributed by atoms with Gasteiger partial charge in [-0.25, -0.2) is 4.79 Å². The highest BCUT2D eigenvalue weighted by molar-refractivity contribution is 5.93. The van der Waals surface area contributed by atoms with Crippen molar-refractivity contribution in [3.05, 3.63) is 49.1 Å². The van der Waals surface area contributed by atoms with Crippen LogP contribution in [0.25, 0.3) is 10.8 Å². The Kier molecular flexibility index (Phi) is 3.63. The van der Waals surface area contributed by atoms with Crippen LogP contribution in [-0.2, 0) is 4.79 Å².